The Kier molecular flexibility index (Phi) is 6.64. The predicted molar refractivity (Wildman–Crippen MR) is 119 cm³/mol. The molecule has 7 nitrogen and oxygen atoms in total. The number of rotatable bonds is 7. The SMILES string of the molecule is CCOc1ccc(Oc2ccc(NC(=O)c3ccc(N4CCOCC4)nc3)cc2)cc1. The van der Waals surface area contributed by atoms with Crippen LogP contribution in [0.5, 0.6) is 17.2 Å². The first-order valence-corrected chi connectivity index (χ1v) is 10.3. The monoisotopic (exact) mass is 419 g/mol. The number of amides is 1. The molecule has 0 radical (unpaired) electrons. The number of ether oxygens (including phenoxy) is 3. The van der Waals surface area contributed by atoms with Gasteiger partial charge < -0.3 is 24.4 Å². The molecule has 4 rings (SSSR count). The van der Waals surface area contributed by atoms with Gasteiger partial charge in [0.1, 0.15) is 23.1 Å². The minimum Gasteiger partial charge on any atom is -0.494 e. The molecule has 0 saturated carbocycles. The fraction of sp³-hybridized carbons (Fsp3) is 0.250. The van der Waals surface area contributed by atoms with E-state index in [1.807, 2.05) is 49.4 Å². The minimum atomic E-state index is -0.207. The highest BCUT2D eigenvalue weighted by molar-refractivity contribution is 6.04. The highest BCUT2D eigenvalue weighted by atomic mass is 16.5. The number of benzene rings is 2. The van der Waals surface area contributed by atoms with E-state index in [9.17, 15) is 4.79 Å². The van der Waals surface area contributed by atoms with Crippen molar-refractivity contribution in [2.75, 3.05) is 43.1 Å². The molecule has 1 fully saturated rings. The lowest BCUT2D eigenvalue weighted by Gasteiger charge is -2.27. The van der Waals surface area contributed by atoms with Gasteiger partial charge in [-0.1, -0.05) is 0 Å². The number of carbonyl (C=O) groups is 1. The van der Waals surface area contributed by atoms with Crippen LogP contribution < -0.4 is 19.7 Å². The predicted octanol–water partition coefficient (Wildman–Crippen LogP) is 4.36. The quantitative estimate of drug-likeness (QED) is 0.613. The minimum absolute atomic E-state index is 0.207. The molecule has 31 heavy (non-hydrogen) atoms. The molecule has 7 heteroatoms. The van der Waals surface area contributed by atoms with Gasteiger partial charge in [0, 0.05) is 25.0 Å². The maximum absolute atomic E-state index is 12.5. The van der Waals surface area contributed by atoms with Crippen LogP contribution in [0.3, 0.4) is 0 Å². The van der Waals surface area contributed by atoms with Gasteiger partial charge in [-0.3, -0.25) is 4.79 Å². The Morgan fingerprint density at radius 1 is 0.968 bits per heavy atom. The molecule has 1 N–H and O–H groups in total. The summed E-state index contributed by atoms with van der Waals surface area (Å²) in [7, 11) is 0. The van der Waals surface area contributed by atoms with Crippen LogP contribution in [0.1, 0.15) is 17.3 Å². The molecule has 1 aliphatic heterocycles. The first kappa shape index (κ1) is 20.7. The van der Waals surface area contributed by atoms with E-state index in [-0.39, 0.29) is 5.91 Å². The largest absolute Gasteiger partial charge is 0.494 e. The Morgan fingerprint density at radius 2 is 1.61 bits per heavy atom. The summed E-state index contributed by atoms with van der Waals surface area (Å²) in [5.41, 5.74) is 1.19. The van der Waals surface area contributed by atoms with Gasteiger partial charge in [-0.2, -0.15) is 0 Å². The summed E-state index contributed by atoms with van der Waals surface area (Å²) >= 11 is 0. The molecule has 0 unspecified atom stereocenters. The number of carbonyl (C=O) groups excluding carboxylic acids is 1. The number of nitrogens with zero attached hydrogens (tertiary/aromatic N) is 2. The van der Waals surface area contributed by atoms with Gasteiger partial charge in [-0.25, -0.2) is 4.98 Å². The molecular formula is C24H25N3O4. The maximum Gasteiger partial charge on any atom is 0.257 e. The summed E-state index contributed by atoms with van der Waals surface area (Å²) in [6, 6.07) is 18.3. The van der Waals surface area contributed by atoms with Gasteiger partial charge >= 0.3 is 0 Å². The van der Waals surface area contributed by atoms with E-state index in [0.29, 0.717) is 42.6 Å². The lowest BCUT2D eigenvalue weighted by atomic mass is 10.2. The summed E-state index contributed by atoms with van der Waals surface area (Å²) in [4.78, 5) is 19.1. The fourth-order valence-corrected chi connectivity index (χ4v) is 3.22. The summed E-state index contributed by atoms with van der Waals surface area (Å²) in [5.74, 6) is 2.85. The smallest absolute Gasteiger partial charge is 0.257 e. The van der Waals surface area contributed by atoms with Gasteiger partial charge in [-0.15, -0.1) is 0 Å². The van der Waals surface area contributed by atoms with Crippen LogP contribution in [0, 0.1) is 0 Å². The van der Waals surface area contributed by atoms with Gasteiger partial charge in [0.25, 0.3) is 5.91 Å². The molecule has 0 spiro atoms. The first-order chi connectivity index (χ1) is 15.2. The van der Waals surface area contributed by atoms with Crippen molar-refractivity contribution in [1.82, 2.24) is 4.98 Å². The number of pyridine rings is 1. The summed E-state index contributed by atoms with van der Waals surface area (Å²) in [5, 5.41) is 2.89. The lowest BCUT2D eigenvalue weighted by molar-refractivity contribution is 0.102. The molecule has 0 bridgehead atoms. The van der Waals surface area contributed by atoms with E-state index in [1.165, 1.54) is 0 Å². The molecule has 160 valence electrons. The zero-order chi connectivity index (χ0) is 21.5. The Morgan fingerprint density at radius 3 is 2.23 bits per heavy atom. The Balaban J connectivity index is 1.33. The van der Waals surface area contributed by atoms with E-state index in [0.717, 1.165) is 24.7 Å². The van der Waals surface area contributed by atoms with Crippen molar-refractivity contribution in [2.45, 2.75) is 6.92 Å². The van der Waals surface area contributed by atoms with Crippen molar-refractivity contribution in [3.8, 4) is 17.2 Å². The molecule has 0 atom stereocenters. The fourth-order valence-electron chi connectivity index (χ4n) is 3.22. The van der Waals surface area contributed by atoms with E-state index in [2.05, 4.69) is 15.2 Å². The highest BCUT2D eigenvalue weighted by Crippen LogP contribution is 2.25. The lowest BCUT2D eigenvalue weighted by Crippen LogP contribution is -2.36. The zero-order valence-electron chi connectivity index (χ0n) is 17.4. The number of hydrogen-bond donors (Lipinski definition) is 1. The average molecular weight is 419 g/mol. The second-order valence-electron chi connectivity index (χ2n) is 6.99. The van der Waals surface area contributed by atoms with Gasteiger partial charge in [0.2, 0.25) is 0 Å². The number of nitrogens with one attached hydrogen (secondary N) is 1. The molecule has 1 aliphatic rings. The zero-order valence-corrected chi connectivity index (χ0v) is 17.4. The molecule has 3 aromatic rings. The van der Waals surface area contributed by atoms with Crippen molar-refractivity contribution in [3.05, 3.63) is 72.4 Å². The van der Waals surface area contributed by atoms with Crippen molar-refractivity contribution >= 4 is 17.4 Å². The third-order valence-corrected chi connectivity index (χ3v) is 4.83. The van der Waals surface area contributed by atoms with Crippen LogP contribution in [0.2, 0.25) is 0 Å². The second kappa shape index (κ2) is 9.95. The standard InChI is InChI=1S/C24H25N3O4/c1-2-30-20-8-10-22(11-9-20)31-21-6-4-19(5-7-21)26-24(28)18-3-12-23(25-17-18)27-13-15-29-16-14-27/h3-12,17H,2,13-16H2,1H3,(H,26,28). The number of morpholine rings is 1. The molecule has 2 aromatic carbocycles. The van der Waals surface area contributed by atoms with Crippen LogP contribution in [-0.4, -0.2) is 43.8 Å². The van der Waals surface area contributed by atoms with Gasteiger partial charge in [-0.05, 0) is 67.6 Å². The Labute approximate surface area is 181 Å². The number of hydrogen-bond acceptors (Lipinski definition) is 6. The molecule has 0 aliphatic carbocycles. The molecule has 1 amide bonds. The summed E-state index contributed by atoms with van der Waals surface area (Å²) in [6.07, 6.45) is 1.60. The first-order valence-electron chi connectivity index (χ1n) is 10.3. The highest BCUT2D eigenvalue weighted by Gasteiger charge is 2.13. The third kappa shape index (κ3) is 5.52. The topological polar surface area (TPSA) is 72.9 Å². The van der Waals surface area contributed by atoms with Crippen LogP contribution in [0.25, 0.3) is 0 Å². The van der Waals surface area contributed by atoms with Crippen molar-refractivity contribution in [2.24, 2.45) is 0 Å². The van der Waals surface area contributed by atoms with Crippen molar-refractivity contribution in [1.29, 1.82) is 0 Å². The molecule has 1 aromatic heterocycles. The molecule has 1 saturated heterocycles. The molecule has 2 heterocycles. The van der Waals surface area contributed by atoms with Gasteiger partial charge in [0.05, 0.1) is 25.4 Å². The van der Waals surface area contributed by atoms with Gasteiger partial charge in [0.15, 0.2) is 0 Å². The summed E-state index contributed by atoms with van der Waals surface area (Å²) in [6.45, 7) is 5.58. The maximum atomic E-state index is 12.5. The van der Waals surface area contributed by atoms with E-state index in [4.69, 9.17) is 14.2 Å². The number of aromatic nitrogens is 1. The average Bonchev–Trinajstić information content (AvgIpc) is 2.82. The van der Waals surface area contributed by atoms with Crippen LogP contribution >= 0.6 is 0 Å². The van der Waals surface area contributed by atoms with Crippen LogP contribution in [-0.2, 0) is 4.74 Å². The Bertz CT molecular complexity index is 983. The molecular weight excluding hydrogens is 394 g/mol. The normalized spacial score (nSPS) is 13.5. The second-order valence-corrected chi connectivity index (χ2v) is 6.99. The van der Waals surface area contributed by atoms with E-state index in [1.54, 1.807) is 24.4 Å². The van der Waals surface area contributed by atoms with Crippen LogP contribution in [0.15, 0.2) is 66.9 Å². The number of anilines is 2. The van der Waals surface area contributed by atoms with Crippen molar-refractivity contribution < 1.29 is 19.0 Å². The van der Waals surface area contributed by atoms with Crippen LogP contribution in [0.4, 0.5) is 11.5 Å². The summed E-state index contributed by atoms with van der Waals surface area (Å²) < 4.78 is 16.6. The van der Waals surface area contributed by atoms with Crippen molar-refractivity contribution in [3.63, 3.8) is 0 Å². The Hall–Kier alpha value is -3.58. The van der Waals surface area contributed by atoms with E-state index >= 15 is 0 Å². The third-order valence-electron chi connectivity index (χ3n) is 4.83. The van der Waals surface area contributed by atoms with E-state index < -0.39 is 0 Å².